The molecule has 0 unspecified atom stereocenters. The minimum Gasteiger partial charge on any atom is -0.208 e. The molecule has 1 N–H and O–H groups in total. The zero-order chi connectivity index (χ0) is 11.0. The van der Waals surface area contributed by atoms with Gasteiger partial charge in [-0.2, -0.15) is 0 Å². The lowest BCUT2D eigenvalue weighted by molar-refractivity contribution is -0.358. The number of hydrogen-bond acceptors (Lipinski definition) is 0. The largest absolute Gasteiger partial charge is 0.211 e. The van der Waals surface area contributed by atoms with E-state index in [4.69, 9.17) is 0 Å². The number of hydrogen-bond donors (Lipinski definition) is 0. The molecule has 0 saturated heterocycles. The van der Waals surface area contributed by atoms with Crippen molar-refractivity contribution >= 4 is 10.9 Å². The summed E-state index contributed by atoms with van der Waals surface area (Å²) in [4.78, 5) is 3.63. The van der Waals surface area contributed by atoms with Crippen LogP contribution in [0.15, 0.2) is 24.3 Å². The van der Waals surface area contributed by atoms with Gasteiger partial charge < -0.3 is 0 Å². The highest BCUT2D eigenvalue weighted by atomic mass is 14.7. The summed E-state index contributed by atoms with van der Waals surface area (Å²) >= 11 is 0. The van der Waals surface area contributed by atoms with Gasteiger partial charge in [0.05, 0.1) is 0 Å². The minimum atomic E-state index is 1.22. The quantitative estimate of drug-likeness (QED) is 0.595. The first-order valence-electron chi connectivity index (χ1n) is 6.28. The molecule has 0 bridgehead atoms. The van der Waals surface area contributed by atoms with E-state index in [1.807, 2.05) is 0 Å². The highest BCUT2D eigenvalue weighted by Crippen LogP contribution is 2.25. The van der Waals surface area contributed by atoms with E-state index in [1.165, 1.54) is 54.3 Å². The molecule has 0 saturated carbocycles. The standard InChI is InChI=1S/C15H17N/c1-11-12-7-3-2-4-9-14(12)16-15-10-6-5-8-13(11)15/h5-6,8,10H,2-4,7,9H2,1H3/p+1. The maximum Gasteiger partial charge on any atom is 0.211 e. The average Bonchev–Trinajstić information content (AvgIpc) is 2.55. The predicted octanol–water partition coefficient (Wildman–Crippen LogP) is 3.23. The van der Waals surface area contributed by atoms with Gasteiger partial charge in [0.2, 0.25) is 5.52 Å². The van der Waals surface area contributed by atoms with Gasteiger partial charge in [0.1, 0.15) is 0 Å². The summed E-state index contributed by atoms with van der Waals surface area (Å²) in [5, 5.41) is 1.39. The van der Waals surface area contributed by atoms with Gasteiger partial charge in [0.15, 0.2) is 5.69 Å². The first-order chi connectivity index (χ1) is 7.86. The van der Waals surface area contributed by atoms with E-state index in [0.29, 0.717) is 0 Å². The Hall–Kier alpha value is -1.37. The third kappa shape index (κ3) is 1.51. The van der Waals surface area contributed by atoms with E-state index in [9.17, 15) is 0 Å². The second kappa shape index (κ2) is 3.89. The Morgan fingerprint density at radius 2 is 1.81 bits per heavy atom. The van der Waals surface area contributed by atoms with Crippen LogP contribution in [-0.4, -0.2) is 0 Å². The van der Waals surface area contributed by atoms with Crippen molar-refractivity contribution in [3.05, 3.63) is 41.1 Å². The van der Waals surface area contributed by atoms with Crippen molar-refractivity contribution in [3.8, 4) is 0 Å². The Balaban J connectivity index is 2.29. The van der Waals surface area contributed by atoms with Gasteiger partial charge in [0, 0.05) is 23.4 Å². The molecule has 1 aliphatic carbocycles. The number of pyridine rings is 1. The molecule has 16 heavy (non-hydrogen) atoms. The number of aromatic amines is 1. The highest BCUT2D eigenvalue weighted by Gasteiger charge is 2.18. The molecule has 0 radical (unpaired) electrons. The fourth-order valence-electron chi connectivity index (χ4n) is 2.88. The summed E-state index contributed by atoms with van der Waals surface area (Å²) in [7, 11) is 0. The van der Waals surface area contributed by atoms with Crippen molar-refractivity contribution in [2.75, 3.05) is 0 Å². The number of aromatic nitrogens is 1. The third-order valence-electron chi connectivity index (χ3n) is 3.79. The van der Waals surface area contributed by atoms with Crippen LogP contribution in [-0.2, 0) is 12.8 Å². The molecule has 0 fully saturated rings. The van der Waals surface area contributed by atoms with Crippen molar-refractivity contribution < 1.29 is 4.98 Å². The van der Waals surface area contributed by atoms with Crippen molar-refractivity contribution in [1.82, 2.24) is 0 Å². The summed E-state index contributed by atoms with van der Waals surface area (Å²) in [6, 6.07) is 8.66. The molecular formula is C15H18N+. The second-order valence-electron chi connectivity index (χ2n) is 4.81. The van der Waals surface area contributed by atoms with E-state index in [2.05, 4.69) is 36.2 Å². The van der Waals surface area contributed by atoms with E-state index < -0.39 is 0 Å². The van der Waals surface area contributed by atoms with Crippen molar-refractivity contribution in [3.63, 3.8) is 0 Å². The molecule has 1 heteroatoms. The zero-order valence-corrected chi connectivity index (χ0v) is 9.84. The van der Waals surface area contributed by atoms with Crippen LogP contribution in [0.4, 0.5) is 0 Å². The van der Waals surface area contributed by atoms with Crippen LogP contribution in [0.3, 0.4) is 0 Å². The SMILES string of the molecule is Cc1c2c([nH+]c3ccccc13)CCCCC2. The number of fused-ring (bicyclic) bond motifs is 2. The Morgan fingerprint density at radius 1 is 1.00 bits per heavy atom. The van der Waals surface area contributed by atoms with Gasteiger partial charge in [-0.3, -0.25) is 0 Å². The van der Waals surface area contributed by atoms with Crippen LogP contribution in [0.1, 0.15) is 36.1 Å². The number of aryl methyl sites for hydroxylation is 2. The fraction of sp³-hybridized carbons (Fsp3) is 0.400. The molecule has 0 spiro atoms. The number of benzene rings is 1. The molecule has 0 atom stereocenters. The first-order valence-corrected chi connectivity index (χ1v) is 6.28. The van der Waals surface area contributed by atoms with Crippen LogP contribution in [0, 0.1) is 6.92 Å². The van der Waals surface area contributed by atoms with E-state index in [-0.39, 0.29) is 0 Å². The molecular weight excluding hydrogens is 194 g/mol. The van der Waals surface area contributed by atoms with Gasteiger partial charge in [-0.15, -0.1) is 0 Å². The van der Waals surface area contributed by atoms with Crippen LogP contribution in [0.2, 0.25) is 0 Å². The summed E-state index contributed by atoms with van der Waals surface area (Å²) in [6.07, 6.45) is 6.53. The van der Waals surface area contributed by atoms with Crippen molar-refractivity contribution in [1.29, 1.82) is 0 Å². The number of rotatable bonds is 0. The Kier molecular flexibility index (Phi) is 2.39. The molecule has 1 aromatic carbocycles. The monoisotopic (exact) mass is 212 g/mol. The number of para-hydroxylation sites is 1. The van der Waals surface area contributed by atoms with Crippen molar-refractivity contribution in [2.24, 2.45) is 0 Å². The Labute approximate surface area is 96.5 Å². The third-order valence-corrected chi connectivity index (χ3v) is 3.79. The molecule has 2 aromatic rings. The smallest absolute Gasteiger partial charge is 0.208 e. The molecule has 1 heterocycles. The second-order valence-corrected chi connectivity index (χ2v) is 4.81. The highest BCUT2D eigenvalue weighted by molar-refractivity contribution is 5.80. The topological polar surface area (TPSA) is 14.1 Å². The van der Waals surface area contributed by atoms with E-state index in [1.54, 1.807) is 5.56 Å². The predicted molar refractivity (Wildman–Crippen MR) is 66.5 cm³/mol. The lowest BCUT2D eigenvalue weighted by Crippen LogP contribution is -2.16. The van der Waals surface area contributed by atoms with E-state index in [0.717, 1.165) is 0 Å². The number of H-pyrrole nitrogens is 1. The molecule has 3 rings (SSSR count). The number of nitrogens with one attached hydrogen (secondary N) is 1. The Bertz CT molecular complexity index is 528. The molecule has 1 aromatic heterocycles. The van der Waals surface area contributed by atoms with E-state index >= 15 is 0 Å². The summed E-state index contributed by atoms with van der Waals surface area (Å²) < 4.78 is 0. The summed E-state index contributed by atoms with van der Waals surface area (Å²) in [5.41, 5.74) is 5.84. The Morgan fingerprint density at radius 3 is 2.75 bits per heavy atom. The maximum atomic E-state index is 3.63. The minimum absolute atomic E-state index is 1.22. The van der Waals surface area contributed by atoms with Crippen LogP contribution >= 0.6 is 0 Å². The normalized spacial score (nSPS) is 15.8. The molecule has 0 aliphatic heterocycles. The van der Waals surface area contributed by atoms with Gasteiger partial charge in [0.25, 0.3) is 0 Å². The van der Waals surface area contributed by atoms with Gasteiger partial charge in [-0.05, 0) is 37.8 Å². The molecule has 82 valence electrons. The summed E-state index contributed by atoms with van der Waals surface area (Å²) in [5.74, 6) is 0. The molecule has 1 nitrogen and oxygen atoms in total. The van der Waals surface area contributed by atoms with Crippen LogP contribution in [0.5, 0.6) is 0 Å². The van der Waals surface area contributed by atoms with Crippen molar-refractivity contribution in [2.45, 2.75) is 39.0 Å². The van der Waals surface area contributed by atoms with Gasteiger partial charge >= 0.3 is 0 Å². The van der Waals surface area contributed by atoms with Gasteiger partial charge in [-0.25, -0.2) is 4.98 Å². The van der Waals surface area contributed by atoms with Crippen LogP contribution < -0.4 is 4.98 Å². The summed E-state index contributed by atoms with van der Waals surface area (Å²) in [6.45, 7) is 2.28. The van der Waals surface area contributed by atoms with Crippen LogP contribution in [0.25, 0.3) is 10.9 Å². The maximum absolute atomic E-state index is 3.63. The molecule has 1 aliphatic rings. The lowest BCUT2D eigenvalue weighted by Gasteiger charge is -2.06. The fourth-order valence-corrected chi connectivity index (χ4v) is 2.88. The van der Waals surface area contributed by atoms with Gasteiger partial charge in [-0.1, -0.05) is 18.6 Å². The molecule has 0 amide bonds. The lowest BCUT2D eigenvalue weighted by atomic mass is 9.98. The average molecular weight is 212 g/mol. The first kappa shape index (κ1) is 9.83. The zero-order valence-electron chi connectivity index (χ0n) is 9.84.